The van der Waals surface area contributed by atoms with E-state index in [1.807, 2.05) is 0 Å². The lowest BCUT2D eigenvalue weighted by molar-refractivity contribution is -0.660. The molecule has 1 aliphatic carbocycles. The number of fused-ring (bicyclic) bond motifs is 15. The highest BCUT2D eigenvalue weighted by atomic mass is 16.4. The molecule has 0 spiro atoms. The Kier molecular flexibility index (Phi) is 30.6. The van der Waals surface area contributed by atoms with E-state index in [9.17, 15) is 0 Å². The first-order valence-corrected chi connectivity index (χ1v) is 53.5. The molecule has 0 amide bonds. The van der Waals surface area contributed by atoms with Gasteiger partial charge < -0.3 is 22.1 Å². The van der Waals surface area contributed by atoms with Crippen LogP contribution in [0.4, 0.5) is 0 Å². The highest BCUT2D eigenvalue weighted by molar-refractivity contribution is 6.13. The topological polar surface area (TPSA) is 150 Å². The van der Waals surface area contributed by atoms with E-state index in [1.165, 1.54) is 127 Å². The van der Waals surface area contributed by atoms with Crippen molar-refractivity contribution in [1.29, 1.82) is 0 Å². The third-order valence-electron chi connectivity index (χ3n) is 28.8. The molecule has 0 saturated heterocycles. The molecular formula is C131H155N10O5+5. The molecular weight excluding hydrogens is 1790 g/mol. The molecule has 0 atom stereocenters. The van der Waals surface area contributed by atoms with Gasteiger partial charge in [-0.2, -0.15) is 0 Å². The van der Waals surface area contributed by atoms with E-state index in [0.29, 0.717) is 47.3 Å². The summed E-state index contributed by atoms with van der Waals surface area (Å²) in [5.41, 5.74) is 38.7. The van der Waals surface area contributed by atoms with Crippen molar-refractivity contribution in [3.8, 4) is 56.3 Å². The van der Waals surface area contributed by atoms with E-state index in [0.717, 1.165) is 195 Å². The Morgan fingerprint density at radius 3 is 0.836 bits per heavy atom. The fourth-order valence-corrected chi connectivity index (χ4v) is 21.5. The van der Waals surface area contributed by atoms with Crippen LogP contribution >= 0.6 is 0 Å². The first-order valence-electron chi connectivity index (χ1n) is 53.5. The van der Waals surface area contributed by atoms with E-state index < -0.39 is 0 Å². The summed E-state index contributed by atoms with van der Waals surface area (Å²) in [5.74, 6) is 4.68. The third kappa shape index (κ3) is 22.6. The molecule has 20 aromatic rings. The maximum Gasteiger partial charge on any atom is 0.227 e. The number of benzene rings is 5. The molecule has 0 aliphatic heterocycles. The van der Waals surface area contributed by atoms with E-state index >= 15 is 0 Å². The summed E-state index contributed by atoms with van der Waals surface area (Å²) in [6, 6.07) is 66.1. The van der Waals surface area contributed by atoms with Gasteiger partial charge in [0, 0.05) is 154 Å². The monoisotopic (exact) mass is 1950 g/mol. The Morgan fingerprint density at radius 1 is 0.281 bits per heavy atom. The average Bonchev–Trinajstić information content (AvgIpc) is 1.61. The molecule has 1 saturated carbocycles. The first kappa shape index (κ1) is 104. The fraction of sp³-hybridized carbons (Fsp3) is 0.389. The molecule has 15 heterocycles. The maximum atomic E-state index is 6.47. The van der Waals surface area contributed by atoms with Gasteiger partial charge in [0.05, 0.1) is 27.8 Å². The number of rotatable bonds is 20. The summed E-state index contributed by atoms with van der Waals surface area (Å²) in [6.45, 7) is 55.5. The van der Waals surface area contributed by atoms with Crippen LogP contribution in [0.2, 0.25) is 0 Å². The van der Waals surface area contributed by atoms with Gasteiger partial charge >= 0.3 is 0 Å². The predicted molar refractivity (Wildman–Crippen MR) is 603 cm³/mol. The molecule has 15 nitrogen and oxygen atoms in total. The minimum absolute atomic E-state index is 0.0104. The largest absolute Gasteiger partial charge is 0.437 e. The van der Waals surface area contributed by atoms with Crippen LogP contribution in [-0.2, 0) is 85.6 Å². The van der Waals surface area contributed by atoms with Gasteiger partial charge in [-0.15, -0.1) is 0 Å². The quantitative estimate of drug-likeness (QED) is 0.0675. The van der Waals surface area contributed by atoms with Crippen molar-refractivity contribution < 1.29 is 44.9 Å². The van der Waals surface area contributed by atoms with Crippen LogP contribution < -0.4 is 22.8 Å². The second-order valence-corrected chi connectivity index (χ2v) is 47.1. The molecule has 21 rings (SSSR count). The van der Waals surface area contributed by atoms with Crippen molar-refractivity contribution in [2.24, 2.45) is 76.2 Å². The van der Waals surface area contributed by atoms with Gasteiger partial charge in [-0.05, 0) is 256 Å². The molecule has 15 heteroatoms. The van der Waals surface area contributed by atoms with E-state index in [2.05, 4.69) is 444 Å². The highest BCUT2D eigenvalue weighted by Crippen LogP contribution is 2.46. The van der Waals surface area contributed by atoms with Gasteiger partial charge in [-0.3, -0.25) is 0 Å². The first-order chi connectivity index (χ1) is 69.5. The van der Waals surface area contributed by atoms with Crippen LogP contribution in [0, 0.1) is 75.5 Å². The molecule has 0 unspecified atom stereocenters. The Bertz CT molecular complexity index is 8250. The number of furan rings is 5. The second-order valence-electron chi connectivity index (χ2n) is 47.1. The van der Waals surface area contributed by atoms with Crippen LogP contribution in [0.15, 0.2) is 235 Å². The van der Waals surface area contributed by atoms with Gasteiger partial charge in [-0.25, -0.2) is 47.8 Å². The SMILES string of the molecule is Cc1ccc2c(oc3nc(C(C)(C)C)ccc32)c1-c1cc(CC(C)C)cc[n+]1C.Cc1ccc2c(oc3nc(C(C)C)ccc32)c1-c1cc(CC(C)C)cc[n+]1C.Cc1ccc2c(oc3nc(C4CCCC4)ccc32)c1-c1cc(CC(C)C)cc[n+]1C.Cc1ccc2c(oc3nc(CC(C)(C)C)ccc32)c1-c1cc(CC(C)C)cc[n+]1C.Cc1ccc2c(oc3nc(CC(C)C)ccc32)c1-c1cc(CC(C)C)cc[n+]1C. The van der Waals surface area contributed by atoms with Gasteiger partial charge in [0.1, 0.15) is 35.2 Å². The number of aryl methyl sites for hydroxylation is 10. The molecule has 5 aromatic carbocycles. The van der Waals surface area contributed by atoms with Crippen LogP contribution in [-0.4, -0.2) is 24.9 Å². The van der Waals surface area contributed by atoms with Crippen LogP contribution in [0.3, 0.4) is 0 Å². The normalized spacial score (nSPS) is 12.8. The molecule has 0 bridgehead atoms. The van der Waals surface area contributed by atoms with Crippen molar-refractivity contribution in [2.75, 3.05) is 0 Å². The van der Waals surface area contributed by atoms with Gasteiger partial charge in [-0.1, -0.05) is 212 Å². The van der Waals surface area contributed by atoms with Crippen molar-refractivity contribution in [2.45, 2.75) is 261 Å². The summed E-state index contributed by atoms with van der Waals surface area (Å²) >= 11 is 0. The molecule has 146 heavy (non-hydrogen) atoms. The lowest BCUT2D eigenvalue weighted by Gasteiger charge is -2.16. The zero-order valence-electron chi connectivity index (χ0n) is 92.6. The Labute approximate surface area is 865 Å². The summed E-state index contributed by atoms with van der Waals surface area (Å²) in [7, 11) is 10.5. The van der Waals surface area contributed by atoms with E-state index in [-0.39, 0.29) is 10.8 Å². The zero-order chi connectivity index (χ0) is 104. The third-order valence-corrected chi connectivity index (χ3v) is 28.8. The average molecular weight is 1950 g/mol. The maximum absolute atomic E-state index is 6.47. The lowest BCUT2D eigenvalue weighted by atomic mass is 9.90. The van der Waals surface area contributed by atoms with E-state index in [4.69, 9.17) is 47.0 Å². The molecule has 1 aliphatic rings. The van der Waals surface area contributed by atoms with Crippen LogP contribution in [0.5, 0.6) is 0 Å². The van der Waals surface area contributed by atoms with Crippen molar-refractivity contribution in [1.82, 2.24) is 24.9 Å². The van der Waals surface area contributed by atoms with Crippen LogP contribution in [0.1, 0.15) is 260 Å². The smallest absolute Gasteiger partial charge is 0.227 e. The molecule has 0 radical (unpaired) electrons. The molecule has 1 fully saturated rings. The summed E-state index contributed by atoms with van der Waals surface area (Å²) in [4.78, 5) is 24.3. The number of pyridine rings is 10. The molecule has 0 N–H and O–H groups in total. The number of aromatic nitrogens is 10. The lowest BCUT2D eigenvalue weighted by Crippen LogP contribution is -2.31. The van der Waals surface area contributed by atoms with Gasteiger partial charge in [0.15, 0.2) is 58.9 Å². The molecule has 754 valence electrons. The Hall–Kier alpha value is -13.4. The van der Waals surface area contributed by atoms with Gasteiger partial charge in [0.25, 0.3) is 0 Å². The Balaban J connectivity index is 0.000000125. The second kappa shape index (κ2) is 43.0. The minimum atomic E-state index is -0.0104. The summed E-state index contributed by atoms with van der Waals surface area (Å²) in [6.07, 6.45) is 23.2. The minimum Gasteiger partial charge on any atom is -0.437 e. The fourth-order valence-electron chi connectivity index (χ4n) is 21.5. The van der Waals surface area contributed by atoms with Gasteiger partial charge in [0.2, 0.25) is 57.0 Å². The van der Waals surface area contributed by atoms with Crippen LogP contribution in [0.25, 0.3) is 167 Å². The standard InChI is InChI=1S/C27H31N2O.C27H33N2O.2C26H31N2O.C25H29N2O/c1-17(2)15-19-13-14-29(4)24(16-19)25-18(3)9-10-21-22-11-12-23(20-7-5-6-8-20)28-27(22)30-26(21)25;1-17(2)14-19-12-13-29(7)23(15-19)24-18(3)8-10-21-22-11-9-20(16-27(4,5)6)28-26(22)30-25(21)24;1-16(2)14-18-12-13-28(7)21(15-18)23-17(3)8-9-19-20-10-11-22(26(4,5)6)27-25(20)29-24(19)23;1-16(2)13-19-11-12-28(6)23(15-19)24-18(5)7-9-21-22-10-8-20(14-17(3)4)27-26(22)29-25(21)24;1-15(2)13-18-11-12-27(6)22(14-18)23-17(5)7-8-19-20-9-10-21(16(3)4)26-25(20)28-24(19)23/h9-14,16-17,20H,5-8,15H2,1-4H3;8-13,15,17H,14,16H2,1-7H3;8-13,15-16H,14H2,1-7H3;7-12,15-17H,13-14H2,1-6H3;7-12,14-16H,13H2,1-6H3/q5*+1. The van der Waals surface area contributed by atoms with Crippen molar-refractivity contribution >= 4 is 110 Å². The number of hydrogen-bond donors (Lipinski definition) is 0. The van der Waals surface area contributed by atoms with Crippen molar-refractivity contribution in [3.05, 3.63) is 297 Å². The predicted octanol–water partition coefficient (Wildman–Crippen LogP) is 31.8. The van der Waals surface area contributed by atoms with Crippen molar-refractivity contribution in [3.63, 3.8) is 0 Å². The summed E-state index contributed by atoms with van der Waals surface area (Å²) in [5, 5.41) is 11.2. The number of hydrogen-bond acceptors (Lipinski definition) is 10. The molecule has 15 aromatic heterocycles. The highest BCUT2D eigenvalue weighted by Gasteiger charge is 2.32. The Morgan fingerprint density at radius 2 is 0.541 bits per heavy atom. The number of nitrogens with zero attached hydrogens (tertiary/aromatic N) is 10. The summed E-state index contributed by atoms with van der Waals surface area (Å²) < 4.78 is 43.0. The van der Waals surface area contributed by atoms with E-state index in [1.54, 1.807) is 0 Å². The zero-order valence-corrected chi connectivity index (χ0v) is 92.6.